The van der Waals surface area contributed by atoms with Crippen LogP contribution in [0.1, 0.15) is 20.3 Å². The minimum Gasteiger partial charge on any atom is -0.414 e. The van der Waals surface area contributed by atoms with E-state index in [1.54, 1.807) is 7.98 Å². The van der Waals surface area contributed by atoms with Gasteiger partial charge in [-0.15, -0.1) is 0 Å². The molecule has 0 bridgehead atoms. The normalized spacial score (nSPS) is 14.4. The molecule has 5 nitrogen and oxygen atoms in total. The molecule has 0 aromatic heterocycles. The first-order chi connectivity index (χ1) is 7.99. The Morgan fingerprint density at radius 2 is 2.24 bits per heavy atom. The molecule has 0 rings (SSSR count). The fourth-order valence-corrected chi connectivity index (χ4v) is 2.01. The Hall–Kier alpha value is -0.170. The van der Waals surface area contributed by atoms with Crippen LogP contribution in [-0.2, 0) is 4.74 Å². The van der Waals surface area contributed by atoms with Crippen molar-refractivity contribution < 1.29 is 19.7 Å². The van der Waals surface area contributed by atoms with Crippen LogP contribution in [0, 0.1) is 5.92 Å². The molecule has 0 spiro atoms. The summed E-state index contributed by atoms with van der Waals surface area (Å²) in [5.41, 5.74) is 0. The highest BCUT2D eigenvalue weighted by molar-refractivity contribution is 8.24. The molecule has 1 amide bonds. The summed E-state index contributed by atoms with van der Waals surface area (Å²) in [6, 6.07) is 0. The lowest BCUT2D eigenvalue weighted by atomic mass is 10.1. The first kappa shape index (κ1) is 16.8. The van der Waals surface area contributed by atoms with Crippen LogP contribution in [-0.4, -0.2) is 55.3 Å². The molecule has 0 aliphatic heterocycles. The second-order valence-electron chi connectivity index (χ2n) is 4.21. The lowest BCUT2D eigenvalue weighted by molar-refractivity contribution is -0.137. The van der Waals surface area contributed by atoms with Gasteiger partial charge >= 0.3 is 0 Å². The van der Waals surface area contributed by atoms with E-state index in [1.165, 1.54) is 11.6 Å². The predicted octanol–water partition coefficient (Wildman–Crippen LogP) is -0.929. The van der Waals surface area contributed by atoms with E-state index in [9.17, 15) is 9.90 Å². The minimum absolute atomic E-state index is 0.0805. The van der Waals surface area contributed by atoms with Crippen molar-refractivity contribution in [1.29, 1.82) is 0 Å². The van der Waals surface area contributed by atoms with Crippen LogP contribution in [0.2, 0.25) is 0 Å². The number of carbonyl (C=O) groups excluding carboxylic acids is 1. The highest BCUT2D eigenvalue weighted by Crippen LogP contribution is 2.11. The Morgan fingerprint density at radius 3 is 2.71 bits per heavy atom. The summed E-state index contributed by atoms with van der Waals surface area (Å²) in [5, 5.41) is 21.1. The van der Waals surface area contributed by atoms with Crippen LogP contribution < -0.4 is 5.23 Å². The number of carbonyl (C=O) groups is 1. The molecular weight excluding hydrogens is 240 g/mol. The third-order valence-corrected chi connectivity index (χ3v) is 3.05. The minimum atomic E-state index is -0.944. The Kier molecular flexibility index (Phi) is 9.72. The van der Waals surface area contributed by atoms with Crippen molar-refractivity contribution in [3.63, 3.8) is 0 Å². The molecular formula is C9H21B2NO4S. The summed E-state index contributed by atoms with van der Waals surface area (Å²) in [5.74, 6) is 0.642. The Labute approximate surface area is 108 Å². The van der Waals surface area contributed by atoms with Crippen LogP contribution >= 0.6 is 11.6 Å². The quantitative estimate of drug-likeness (QED) is 0.369. The van der Waals surface area contributed by atoms with E-state index < -0.39 is 6.29 Å². The van der Waals surface area contributed by atoms with E-state index in [-0.39, 0.29) is 18.5 Å². The van der Waals surface area contributed by atoms with Gasteiger partial charge in [0.15, 0.2) is 12.1 Å². The van der Waals surface area contributed by atoms with Gasteiger partial charge in [0.1, 0.15) is 0 Å². The number of rotatable bonds is 9. The van der Waals surface area contributed by atoms with Gasteiger partial charge in [-0.2, -0.15) is 11.6 Å². The molecule has 0 fully saturated rings. The zero-order valence-corrected chi connectivity index (χ0v) is 11.5. The lowest BCUT2D eigenvalue weighted by Gasteiger charge is -2.21. The summed E-state index contributed by atoms with van der Waals surface area (Å²) < 4.78 is 5.28. The standard InChI is InChI=1S/C9H21B2NO4S/c1-6(2)3-7(4-13)16-8(14)5-17-11-9(15)12-10/h6-8,11,13-14H,3-5,10H2,1-2H3,(H,12,15). The second kappa shape index (κ2) is 9.82. The van der Waals surface area contributed by atoms with E-state index >= 15 is 0 Å². The zero-order valence-electron chi connectivity index (χ0n) is 10.7. The smallest absolute Gasteiger partial charge is 0.297 e. The number of hydrogen-bond donors (Lipinski definition) is 3. The Bertz CT molecular complexity index is 221. The maximum Gasteiger partial charge on any atom is 0.297 e. The van der Waals surface area contributed by atoms with E-state index in [0.717, 1.165) is 0 Å². The van der Waals surface area contributed by atoms with Crippen molar-refractivity contribution in [3.8, 4) is 0 Å². The Morgan fingerprint density at radius 1 is 1.59 bits per heavy atom. The SMILES string of the molecule is BNC(=O)BSCC(O)OC(CO)CC(C)C. The van der Waals surface area contributed by atoms with Gasteiger partial charge in [-0.1, -0.05) is 13.8 Å². The highest BCUT2D eigenvalue weighted by Gasteiger charge is 2.15. The predicted molar refractivity (Wildman–Crippen MR) is 74.1 cm³/mol. The maximum absolute atomic E-state index is 10.9. The van der Waals surface area contributed by atoms with Crippen molar-refractivity contribution in [2.24, 2.45) is 5.92 Å². The van der Waals surface area contributed by atoms with Gasteiger partial charge in [0, 0.05) is 5.75 Å². The lowest BCUT2D eigenvalue weighted by Crippen LogP contribution is -2.29. The molecule has 3 N–H and O–H groups in total. The molecule has 0 aromatic rings. The number of ether oxygens (including phenoxy) is 1. The number of aliphatic hydroxyl groups excluding tert-OH is 2. The molecule has 0 aromatic carbocycles. The molecule has 2 unspecified atom stereocenters. The summed E-state index contributed by atoms with van der Waals surface area (Å²) in [6.07, 6.45) is -0.584. The number of amides is 1. The molecule has 0 saturated carbocycles. The zero-order chi connectivity index (χ0) is 13.3. The van der Waals surface area contributed by atoms with E-state index in [4.69, 9.17) is 9.84 Å². The molecule has 0 aliphatic rings. The van der Waals surface area contributed by atoms with Crippen LogP contribution in [0.25, 0.3) is 0 Å². The third kappa shape index (κ3) is 9.52. The van der Waals surface area contributed by atoms with Gasteiger partial charge in [0.2, 0.25) is 7.98 Å². The first-order valence-corrected chi connectivity index (χ1v) is 6.87. The number of nitrogens with one attached hydrogen (secondary N) is 1. The van der Waals surface area contributed by atoms with Crippen molar-refractivity contribution in [3.05, 3.63) is 0 Å². The molecule has 0 radical (unpaired) electrons. The molecule has 2 atom stereocenters. The van der Waals surface area contributed by atoms with Gasteiger partial charge in [-0.25, -0.2) is 0 Å². The molecule has 8 heteroatoms. The first-order valence-electron chi connectivity index (χ1n) is 5.72. The summed E-state index contributed by atoms with van der Waals surface area (Å²) in [6.45, 7) is 4.25. The summed E-state index contributed by atoms with van der Waals surface area (Å²) in [7, 11) is 1.57. The molecule has 0 aliphatic carbocycles. The van der Waals surface area contributed by atoms with Crippen LogP contribution in [0.3, 0.4) is 0 Å². The van der Waals surface area contributed by atoms with Gasteiger partial charge in [0.05, 0.1) is 12.7 Å². The topological polar surface area (TPSA) is 78.8 Å². The molecule has 0 heterocycles. The highest BCUT2D eigenvalue weighted by atomic mass is 32.2. The van der Waals surface area contributed by atoms with Crippen molar-refractivity contribution in [1.82, 2.24) is 5.23 Å². The van der Waals surface area contributed by atoms with Gasteiger partial charge in [-0.3, -0.25) is 4.79 Å². The third-order valence-electron chi connectivity index (χ3n) is 2.06. The van der Waals surface area contributed by atoms with Crippen LogP contribution in [0.15, 0.2) is 0 Å². The monoisotopic (exact) mass is 261 g/mol. The maximum atomic E-state index is 10.9. The number of aliphatic hydroxyl groups is 2. The van der Waals surface area contributed by atoms with Gasteiger partial charge in [0.25, 0.3) is 6.56 Å². The fraction of sp³-hybridized carbons (Fsp3) is 0.889. The van der Waals surface area contributed by atoms with E-state index in [2.05, 4.69) is 5.23 Å². The van der Waals surface area contributed by atoms with Crippen LogP contribution in [0.4, 0.5) is 4.79 Å². The number of hydrogen-bond acceptors (Lipinski definition) is 5. The molecule has 98 valence electrons. The summed E-state index contributed by atoms with van der Waals surface area (Å²) in [4.78, 5) is 10.9. The molecule has 0 saturated heterocycles. The van der Waals surface area contributed by atoms with E-state index in [1.807, 2.05) is 13.8 Å². The average molecular weight is 261 g/mol. The largest absolute Gasteiger partial charge is 0.414 e. The van der Waals surface area contributed by atoms with Crippen molar-refractivity contribution in [2.75, 3.05) is 12.4 Å². The average Bonchev–Trinajstić information content (AvgIpc) is 2.27. The molecule has 17 heavy (non-hydrogen) atoms. The Balaban J connectivity index is 3.74. The fourth-order valence-electron chi connectivity index (χ4n) is 1.28. The van der Waals surface area contributed by atoms with Gasteiger partial charge in [-0.05, 0) is 12.3 Å². The van der Waals surface area contributed by atoms with Crippen molar-refractivity contribution in [2.45, 2.75) is 32.7 Å². The van der Waals surface area contributed by atoms with E-state index in [0.29, 0.717) is 24.6 Å². The second-order valence-corrected chi connectivity index (χ2v) is 5.24. The van der Waals surface area contributed by atoms with Crippen molar-refractivity contribution >= 4 is 32.0 Å². The van der Waals surface area contributed by atoms with Gasteiger partial charge < -0.3 is 20.2 Å². The van der Waals surface area contributed by atoms with Crippen LogP contribution in [0.5, 0.6) is 0 Å². The summed E-state index contributed by atoms with van der Waals surface area (Å²) >= 11 is 1.30.